The van der Waals surface area contributed by atoms with Gasteiger partial charge in [-0.1, -0.05) is 0 Å². The van der Waals surface area contributed by atoms with Crippen molar-refractivity contribution in [3.05, 3.63) is 29.3 Å². The minimum atomic E-state index is -0.902. The maximum Gasteiger partial charge on any atom is 0.328 e. The van der Waals surface area contributed by atoms with Crippen LogP contribution in [0.3, 0.4) is 0 Å². The van der Waals surface area contributed by atoms with Crippen LogP contribution < -0.4 is 10.6 Å². The molecule has 0 heterocycles. The molecule has 0 spiro atoms. The standard InChI is InChI=1S/C18H26N2O5/c1-5-24-16(21)10-9-15(18(23)25-6-2)20-17(22)13-7-8-14(19-4)12(3)11-13/h7-8,11,15,19H,5-6,9-10H2,1-4H3,(H,20,22)/t15-/m0/s1. The molecule has 7 nitrogen and oxygen atoms in total. The molecule has 1 amide bonds. The summed E-state index contributed by atoms with van der Waals surface area (Å²) >= 11 is 0. The minimum absolute atomic E-state index is 0.0231. The molecular formula is C18H26N2O5. The monoisotopic (exact) mass is 350 g/mol. The third-order valence-corrected chi connectivity index (χ3v) is 3.58. The maximum absolute atomic E-state index is 12.4. The van der Waals surface area contributed by atoms with Gasteiger partial charge in [-0.05, 0) is 51.0 Å². The Balaban J connectivity index is 2.81. The van der Waals surface area contributed by atoms with Crippen molar-refractivity contribution < 1.29 is 23.9 Å². The Morgan fingerprint density at radius 2 is 1.80 bits per heavy atom. The molecule has 0 saturated carbocycles. The van der Waals surface area contributed by atoms with Crippen molar-refractivity contribution in [2.75, 3.05) is 25.6 Å². The van der Waals surface area contributed by atoms with E-state index in [1.54, 1.807) is 39.1 Å². The Labute approximate surface area is 148 Å². The zero-order chi connectivity index (χ0) is 18.8. The summed E-state index contributed by atoms with van der Waals surface area (Å²) in [6.07, 6.45) is 0.145. The first-order chi connectivity index (χ1) is 11.9. The number of hydrogen-bond donors (Lipinski definition) is 2. The van der Waals surface area contributed by atoms with Crippen molar-refractivity contribution >= 4 is 23.5 Å². The van der Waals surface area contributed by atoms with Crippen LogP contribution in [0.5, 0.6) is 0 Å². The lowest BCUT2D eigenvalue weighted by Crippen LogP contribution is -2.42. The van der Waals surface area contributed by atoms with Crippen LogP contribution in [-0.2, 0) is 19.1 Å². The summed E-state index contributed by atoms with van der Waals surface area (Å²) in [4.78, 5) is 36.0. The summed E-state index contributed by atoms with van der Waals surface area (Å²) in [5, 5.41) is 5.66. The van der Waals surface area contributed by atoms with Crippen molar-refractivity contribution in [2.45, 2.75) is 39.7 Å². The number of benzene rings is 1. The molecule has 1 aromatic carbocycles. The SMILES string of the molecule is CCOC(=O)CC[C@H](NC(=O)c1ccc(NC)c(C)c1)C(=O)OCC. The van der Waals surface area contributed by atoms with Gasteiger partial charge in [-0.15, -0.1) is 0 Å². The lowest BCUT2D eigenvalue weighted by atomic mass is 10.1. The average molecular weight is 350 g/mol. The molecule has 1 aromatic rings. The summed E-state index contributed by atoms with van der Waals surface area (Å²) in [7, 11) is 1.80. The van der Waals surface area contributed by atoms with Gasteiger partial charge in [-0.3, -0.25) is 9.59 Å². The van der Waals surface area contributed by atoms with Crippen LogP contribution >= 0.6 is 0 Å². The van der Waals surface area contributed by atoms with Gasteiger partial charge in [0, 0.05) is 24.7 Å². The largest absolute Gasteiger partial charge is 0.466 e. The molecule has 138 valence electrons. The van der Waals surface area contributed by atoms with Gasteiger partial charge in [-0.25, -0.2) is 4.79 Å². The van der Waals surface area contributed by atoms with Crippen molar-refractivity contribution in [2.24, 2.45) is 0 Å². The lowest BCUT2D eigenvalue weighted by molar-refractivity contribution is -0.146. The van der Waals surface area contributed by atoms with E-state index < -0.39 is 23.9 Å². The second-order valence-electron chi connectivity index (χ2n) is 5.40. The zero-order valence-electron chi connectivity index (χ0n) is 15.2. The molecular weight excluding hydrogens is 324 g/mol. The zero-order valence-corrected chi connectivity index (χ0v) is 15.2. The van der Waals surface area contributed by atoms with Gasteiger partial charge in [0.25, 0.3) is 5.91 Å². The fourth-order valence-electron chi connectivity index (χ4n) is 2.31. The van der Waals surface area contributed by atoms with Gasteiger partial charge in [-0.2, -0.15) is 0 Å². The Kier molecular flexibility index (Phi) is 8.46. The lowest BCUT2D eigenvalue weighted by Gasteiger charge is -2.17. The number of hydrogen-bond acceptors (Lipinski definition) is 6. The number of rotatable bonds is 9. The van der Waals surface area contributed by atoms with Crippen LogP contribution in [-0.4, -0.2) is 44.1 Å². The van der Waals surface area contributed by atoms with Crippen molar-refractivity contribution in [1.29, 1.82) is 0 Å². The maximum atomic E-state index is 12.4. The number of carbonyl (C=O) groups is 3. The summed E-state index contributed by atoms with van der Waals surface area (Å²) in [6, 6.07) is 4.29. The van der Waals surface area contributed by atoms with Crippen molar-refractivity contribution in [1.82, 2.24) is 5.32 Å². The van der Waals surface area contributed by atoms with E-state index in [0.717, 1.165) is 11.3 Å². The second-order valence-corrected chi connectivity index (χ2v) is 5.40. The Hall–Kier alpha value is -2.57. The molecule has 25 heavy (non-hydrogen) atoms. The highest BCUT2D eigenvalue weighted by atomic mass is 16.5. The van der Waals surface area contributed by atoms with Crippen LogP contribution in [0, 0.1) is 6.92 Å². The summed E-state index contributed by atoms with van der Waals surface area (Å²) < 4.78 is 9.83. The first-order valence-electron chi connectivity index (χ1n) is 8.34. The van der Waals surface area contributed by atoms with E-state index in [1.807, 2.05) is 6.92 Å². The first-order valence-corrected chi connectivity index (χ1v) is 8.34. The topological polar surface area (TPSA) is 93.7 Å². The minimum Gasteiger partial charge on any atom is -0.466 e. The Bertz CT molecular complexity index is 615. The van der Waals surface area contributed by atoms with Crippen LogP contribution in [0.4, 0.5) is 5.69 Å². The van der Waals surface area contributed by atoms with Gasteiger partial charge in [0.05, 0.1) is 13.2 Å². The number of anilines is 1. The molecule has 7 heteroatoms. The van der Waals surface area contributed by atoms with Crippen molar-refractivity contribution in [3.63, 3.8) is 0 Å². The molecule has 0 saturated heterocycles. The summed E-state index contributed by atoms with van der Waals surface area (Å²) in [5.41, 5.74) is 2.26. The first kappa shape index (κ1) is 20.5. The molecule has 0 aromatic heterocycles. The van der Waals surface area contributed by atoms with E-state index in [2.05, 4.69) is 10.6 Å². The molecule has 0 bridgehead atoms. The molecule has 0 radical (unpaired) electrons. The highest BCUT2D eigenvalue weighted by molar-refractivity contribution is 5.97. The number of nitrogens with one attached hydrogen (secondary N) is 2. The highest BCUT2D eigenvalue weighted by Crippen LogP contribution is 2.16. The van der Waals surface area contributed by atoms with Crippen LogP contribution in [0.2, 0.25) is 0 Å². The smallest absolute Gasteiger partial charge is 0.328 e. The molecule has 0 fully saturated rings. The number of carbonyl (C=O) groups excluding carboxylic acids is 3. The van der Waals surface area contributed by atoms with Gasteiger partial charge in [0.15, 0.2) is 0 Å². The second kappa shape index (κ2) is 10.3. The normalized spacial score (nSPS) is 11.4. The van der Waals surface area contributed by atoms with Gasteiger partial charge in [0.1, 0.15) is 6.04 Å². The molecule has 0 aliphatic carbocycles. The third-order valence-electron chi connectivity index (χ3n) is 3.58. The Morgan fingerprint density at radius 1 is 1.12 bits per heavy atom. The average Bonchev–Trinajstić information content (AvgIpc) is 2.58. The van der Waals surface area contributed by atoms with E-state index in [-0.39, 0.29) is 26.1 Å². The molecule has 1 rings (SSSR count). The van der Waals surface area contributed by atoms with Crippen LogP contribution in [0.1, 0.15) is 42.6 Å². The Morgan fingerprint density at radius 3 is 2.36 bits per heavy atom. The number of aryl methyl sites for hydroxylation is 1. The molecule has 2 N–H and O–H groups in total. The molecule has 0 aliphatic heterocycles. The number of amides is 1. The van der Waals surface area contributed by atoms with E-state index >= 15 is 0 Å². The third kappa shape index (κ3) is 6.45. The number of esters is 2. The van der Waals surface area contributed by atoms with E-state index in [4.69, 9.17) is 9.47 Å². The van der Waals surface area contributed by atoms with E-state index in [0.29, 0.717) is 5.56 Å². The van der Waals surface area contributed by atoms with Crippen LogP contribution in [0.25, 0.3) is 0 Å². The molecule has 0 unspecified atom stereocenters. The van der Waals surface area contributed by atoms with Gasteiger partial charge >= 0.3 is 11.9 Å². The quantitative estimate of drug-likeness (QED) is 0.662. The summed E-state index contributed by atoms with van der Waals surface area (Å²) in [6.45, 7) is 5.74. The van der Waals surface area contributed by atoms with Crippen LogP contribution in [0.15, 0.2) is 18.2 Å². The van der Waals surface area contributed by atoms with E-state index in [1.165, 1.54) is 0 Å². The molecule has 0 aliphatic rings. The summed E-state index contributed by atoms with van der Waals surface area (Å²) in [5.74, 6) is -1.38. The predicted molar refractivity (Wildman–Crippen MR) is 94.5 cm³/mol. The van der Waals surface area contributed by atoms with E-state index in [9.17, 15) is 14.4 Å². The predicted octanol–water partition coefficient (Wildman–Crippen LogP) is 2.04. The fourth-order valence-corrected chi connectivity index (χ4v) is 2.31. The number of ether oxygens (including phenoxy) is 2. The fraction of sp³-hybridized carbons (Fsp3) is 0.500. The van der Waals surface area contributed by atoms with Gasteiger partial charge in [0.2, 0.25) is 0 Å². The highest BCUT2D eigenvalue weighted by Gasteiger charge is 2.24. The molecule has 1 atom stereocenters. The van der Waals surface area contributed by atoms with Gasteiger partial charge < -0.3 is 20.1 Å². The van der Waals surface area contributed by atoms with Crippen molar-refractivity contribution in [3.8, 4) is 0 Å².